The van der Waals surface area contributed by atoms with Gasteiger partial charge in [-0.15, -0.1) is 0 Å². The second-order valence-electron chi connectivity index (χ2n) is 10.1. The standard InChI is InChI=1S/C27H34N2O4/c1-32-27-11-9-23(28-25(31)8-7-21-10-14-33-18-21)16-26(27,22-3-2-4-24(30)15-22)12-13-29(19-27)17-20-5-6-20/h2-4,7-8,10,14-15,18,20,23,30H,5-6,9,11-13,16-17,19H2,1H3,(H,28,31)/t23-,26-,27-/m0/s1. The summed E-state index contributed by atoms with van der Waals surface area (Å²) in [6.07, 6.45) is 12.7. The lowest BCUT2D eigenvalue weighted by molar-refractivity contribution is -0.150. The number of likely N-dealkylation sites (tertiary alicyclic amines) is 1. The molecule has 5 rings (SSSR count). The van der Waals surface area contributed by atoms with Crippen LogP contribution in [-0.4, -0.2) is 54.3 Å². The maximum absolute atomic E-state index is 12.7. The Morgan fingerprint density at radius 3 is 2.91 bits per heavy atom. The van der Waals surface area contributed by atoms with Crippen LogP contribution in [0.5, 0.6) is 5.75 Å². The first-order valence-corrected chi connectivity index (χ1v) is 12.1. The predicted octanol–water partition coefficient (Wildman–Crippen LogP) is 4.11. The Labute approximate surface area is 195 Å². The van der Waals surface area contributed by atoms with Crippen LogP contribution in [0.15, 0.2) is 53.4 Å². The van der Waals surface area contributed by atoms with E-state index in [4.69, 9.17) is 9.15 Å². The van der Waals surface area contributed by atoms with Gasteiger partial charge in [-0.25, -0.2) is 0 Å². The minimum Gasteiger partial charge on any atom is -0.508 e. The number of carbonyl (C=O) groups is 1. The minimum absolute atomic E-state index is 0.0482. The molecule has 2 aliphatic carbocycles. The van der Waals surface area contributed by atoms with Gasteiger partial charge in [-0.3, -0.25) is 4.79 Å². The smallest absolute Gasteiger partial charge is 0.244 e. The van der Waals surface area contributed by atoms with Crippen molar-refractivity contribution in [3.8, 4) is 5.75 Å². The maximum atomic E-state index is 12.7. The molecule has 6 nitrogen and oxygen atoms in total. The average Bonchev–Trinajstić information content (AvgIpc) is 3.47. The van der Waals surface area contributed by atoms with Crippen LogP contribution in [0.4, 0.5) is 0 Å². The number of nitrogens with one attached hydrogen (secondary N) is 1. The molecule has 3 fully saturated rings. The van der Waals surface area contributed by atoms with E-state index in [0.717, 1.165) is 62.4 Å². The Balaban J connectivity index is 1.39. The van der Waals surface area contributed by atoms with E-state index in [0.29, 0.717) is 0 Å². The number of benzene rings is 1. The molecule has 2 N–H and O–H groups in total. The molecule has 2 heterocycles. The van der Waals surface area contributed by atoms with Crippen molar-refractivity contribution in [1.82, 2.24) is 10.2 Å². The summed E-state index contributed by atoms with van der Waals surface area (Å²) in [6, 6.07) is 9.53. The van der Waals surface area contributed by atoms with Gasteiger partial charge in [-0.05, 0) is 80.8 Å². The lowest BCUT2D eigenvalue weighted by Crippen LogP contribution is -2.68. The number of carbonyl (C=O) groups excluding carboxylic acids is 1. The molecule has 33 heavy (non-hydrogen) atoms. The number of phenolic OH excluding ortho intramolecular Hbond substituents is 1. The topological polar surface area (TPSA) is 74.9 Å². The molecule has 1 aliphatic heterocycles. The highest BCUT2D eigenvalue weighted by Crippen LogP contribution is 2.54. The number of aromatic hydroxyl groups is 1. The van der Waals surface area contributed by atoms with Crippen molar-refractivity contribution in [3.05, 3.63) is 60.1 Å². The predicted molar refractivity (Wildman–Crippen MR) is 127 cm³/mol. The van der Waals surface area contributed by atoms with Crippen LogP contribution in [0.2, 0.25) is 0 Å². The number of hydrogen-bond donors (Lipinski definition) is 2. The summed E-state index contributed by atoms with van der Waals surface area (Å²) in [5, 5.41) is 13.5. The largest absolute Gasteiger partial charge is 0.508 e. The number of phenols is 1. The maximum Gasteiger partial charge on any atom is 0.244 e. The summed E-state index contributed by atoms with van der Waals surface area (Å²) in [5.41, 5.74) is 1.39. The molecule has 1 amide bonds. The highest BCUT2D eigenvalue weighted by molar-refractivity contribution is 5.91. The number of methoxy groups -OCH3 is 1. The van der Waals surface area contributed by atoms with E-state index in [2.05, 4.69) is 16.3 Å². The van der Waals surface area contributed by atoms with Crippen LogP contribution in [0.1, 0.15) is 49.7 Å². The molecule has 176 valence electrons. The van der Waals surface area contributed by atoms with E-state index in [-0.39, 0.29) is 28.7 Å². The average molecular weight is 451 g/mol. The molecule has 3 aliphatic rings. The molecule has 1 aromatic heterocycles. The number of piperidine rings is 1. The van der Waals surface area contributed by atoms with Crippen molar-refractivity contribution in [2.75, 3.05) is 26.7 Å². The number of rotatable bonds is 7. The third-order valence-corrected chi connectivity index (χ3v) is 8.02. The number of nitrogens with zero attached hydrogens (tertiary/aromatic N) is 1. The molecule has 0 spiro atoms. The van der Waals surface area contributed by atoms with Gasteiger partial charge in [0.2, 0.25) is 5.91 Å². The van der Waals surface area contributed by atoms with Crippen molar-refractivity contribution in [1.29, 1.82) is 0 Å². The van der Waals surface area contributed by atoms with E-state index in [1.165, 1.54) is 12.8 Å². The Bertz CT molecular complexity index is 999. The Morgan fingerprint density at radius 1 is 1.30 bits per heavy atom. The molecular weight excluding hydrogens is 416 g/mol. The van der Waals surface area contributed by atoms with Crippen LogP contribution < -0.4 is 5.32 Å². The Morgan fingerprint density at radius 2 is 2.18 bits per heavy atom. The first-order chi connectivity index (χ1) is 16.0. The zero-order valence-corrected chi connectivity index (χ0v) is 19.3. The van der Waals surface area contributed by atoms with Crippen molar-refractivity contribution in [3.63, 3.8) is 0 Å². The fourth-order valence-electron chi connectivity index (χ4n) is 6.13. The third-order valence-electron chi connectivity index (χ3n) is 8.02. The number of fused-ring (bicyclic) bond motifs is 1. The van der Waals surface area contributed by atoms with E-state index in [9.17, 15) is 9.90 Å². The van der Waals surface area contributed by atoms with Crippen LogP contribution in [0, 0.1) is 5.92 Å². The first kappa shape index (κ1) is 22.2. The van der Waals surface area contributed by atoms with Gasteiger partial charge in [0.25, 0.3) is 0 Å². The van der Waals surface area contributed by atoms with E-state index < -0.39 is 0 Å². The fourth-order valence-corrected chi connectivity index (χ4v) is 6.13. The number of amides is 1. The van der Waals surface area contributed by atoms with E-state index >= 15 is 0 Å². The molecule has 0 bridgehead atoms. The van der Waals surface area contributed by atoms with Gasteiger partial charge < -0.3 is 24.5 Å². The normalized spacial score (nSPS) is 30.3. The van der Waals surface area contributed by atoms with E-state index in [1.807, 2.05) is 25.3 Å². The fraction of sp³-hybridized carbons (Fsp3) is 0.519. The van der Waals surface area contributed by atoms with Crippen molar-refractivity contribution >= 4 is 12.0 Å². The lowest BCUT2D eigenvalue weighted by Gasteiger charge is -2.60. The highest BCUT2D eigenvalue weighted by Gasteiger charge is 2.59. The monoisotopic (exact) mass is 450 g/mol. The van der Waals surface area contributed by atoms with Crippen molar-refractivity contribution in [2.45, 2.75) is 55.6 Å². The van der Waals surface area contributed by atoms with Gasteiger partial charge in [0, 0.05) is 43.3 Å². The molecular formula is C27H34N2O4. The quantitative estimate of drug-likeness (QED) is 0.621. The van der Waals surface area contributed by atoms with Gasteiger partial charge in [0.05, 0.1) is 18.1 Å². The SMILES string of the molecule is CO[C@]12CC[C@H](NC(=O)C=Cc3ccoc3)C[C@]1(c1cccc(O)c1)CCN(CC1CC1)C2. The molecule has 0 unspecified atom stereocenters. The van der Waals surface area contributed by atoms with Crippen molar-refractivity contribution < 1.29 is 19.1 Å². The van der Waals surface area contributed by atoms with Crippen LogP contribution in [0.3, 0.4) is 0 Å². The molecule has 6 heteroatoms. The molecule has 3 atom stereocenters. The van der Waals surface area contributed by atoms with E-state index in [1.54, 1.807) is 30.7 Å². The van der Waals surface area contributed by atoms with Crippen LogP contribution >= 0.6 is 0 Å². The second kappa shape index (κ2) is 8.99. The molecule has 0 radical (unpaired) electrons. The van der Waals surface area contributed by atoms with Gasteiger partial charge in [-0.2, -0.15) is 0 Å². The van der Waals surface area contributed by atoms with Gasteiger partial charge in [-0.1, -0.05) is 12.1 Å². The summed E-state index contributed by atoms with van der Waals surface area (Å²) >= 11 is 0. The number of hydrogen-bond acceptors (Lipinski definition) is 5. The molecule has 1 saturated heterocycles. The van der Waals surface area contributed by atoms with Crippen LogP contribution in [-0.2, 0) is 14.9 Å². The van der Waals surface area contributed by atoms with Gasteiger partial charge >= 0.3 is 0 Å². The summed E-state index contributed by atoms with van der Waals surface area (Å²) in [4.78, 5) is 15.3. The molecule has 2 aromatic rings. The Hall–Kier alpha value is -2.57. The summed E-state index contributed by atoms with van der Waals surface area (Å²) < 4.78 is 11.5. The number of furan rings is 1. The van der Waals surface area contributed by atoms with Gasteiger partial charge in [0.15, 0.2) is 0 Å². The lowest BCUT2D eigenvalue weighted by atomic mass is 9.55. The zero-order valence-electron chi connectivity index (χ0n) is 19.3. The summed E-state index contributed by atoms with van der Waals surface area (Å²) in [6.45, 7) is 3.06. The highest BCUT2D eigenvalue weighted by atomic mass is 16.5. The summed E-state index contributed by atoms with van der Waals surface area (Å²) in [7, 11) is 1.84. The molecule has 2 saturated carbocycles. The zero-order chi connectivity index (χ0) is 22.9. The first-order valence-electron chi connectivity index (χ1n) is 12.1. The summed E-state index contributed by atoms with van der Waals surface area (Å²) in [5.74, 6) is 1.02. The third kappa shape index (κ3) is 4.46. The Kier molecular flexibility index (Phi) is 6.06. The molecule has 1 aromatic carbocycles. The van der Waals surface area contributed by atoms with Gasteiger partial charge in [0.1, 0.15) is 5.75 Å². The van der Waals surface area contributed by atoms with Crippen LogP contribution in [0.25, 0.3) is 6.08 Å². The minimum atomic E-state index is -0.332. The second-order valence-corrected chi connectivity index (χ2v) is 10.1. The number of ether oxygens (including phenoxy) is 1. The van der Waals surface area contributed by atoms with Crippen molar-refractivity contribution in [2.24, 2.45) is 5.92 Å².